The molecule has 2 rings (SSSR count). The van der Waals surface area contributed by atoms with Gasteiger partial charge in [0.2, 0.25) is 0 Å². The molecule has 3 heteroatoms. The quantitative estimate of drug-likeness (QED) is 0.621. The van der Waals surface area contributed by atoms with Gasteiger partial charge in [0, 0.05) is 4.88 Å². The molecule has 1 atom stereocenters. The maximum absolute atomic E-state index is 5.99. The Morgan fingerprint density at radius 3 is 2.83 bits per heavy atom. The van der Waals surface area contributed by atoms with Gasteiger partial charge in [0.15, 0.2) is 0 Å². The van der Waals surface area contributed by atoms with E-state index >= 15 is 0 Å². The molecule has 0 bridgehead atoms. The molecule has 1 heterocycles. The van der Waals surface area contributed by atoms with Gasteiger partial charge in [-0.2, -0.15) is 0 Å². The van der Waals surface area contributed by atoms with Gasteiger partial charge in [-0.1, -0.05) is 17.7 Å². The molecule has 0 radical (unpaired) electrons. The smallest absolute Gasteiger partial charge is 0.0588 e. The second-order valence-electron chi connectivity index (χ2n) is 2.84. The van der Waals surface area contributed by atoms with Gasteiger partial charge in [0.1, 0.15) is 0 Å². The molecule has 0 spiro atoms. The molecule has 12 heavy (non-hydrogen) atoms. The number of hydrogen-bond acceptors (Lipinski definition) is 1. The van der Waals surface area contributed by atoms with Crippen LogP contribution in [0.15, 0.2) is 17.5 Å². The van der Waals surface area contributed by atoms with Crippen LogP contribution < -0.4 is 0 Å². The van der Waals surface area contributed by atoms with Crippen molar-refractivity contribution in [3.05, 3.63) is 27.4 Å². The first-order chi connectivity index (χ1) is 5.77. The minimum atomic E-state index is 0.207. The number of rotatable bonds is 1. The molecule has 64 valence electrons. The highest BCUT2D eigenvalue weighted by Gasteiger charge is 2.16. The Morgan fingerprint density at radius 2 is 2.33 bits per heavy atom. The van der Waals surface area contributed by atoms with E-state index in [4.69, 9.17) is 23.2 Å². The van der Waals surface area contributed by atoms with E-state index < -0.39 is 0 Å². The molecule has 1 aromatic heterocycles. The minimum absolute atomic E-state index is 0.207. The van der Waals surface area contributed by atoms with Gasteiger partial charge in [0.05, 0.1) is 10.4 Å². The minimum Gasteiger partial charge on any atom is -0.143 e. The first-order valence-corrected chi connectivity index (χ1v) is 5.55. The molecule has 0 N–H and O–H groups in total. The zero-order valence-corrected chi connectivity index (χ0v) is 8.72. The summed E-state index contributed by atoms with van der Waals surface area (Å²) in [5, 5.41) is 3.08. The maximum atomic E-state index is 5.99. The van der Waals surface area contributed by atoms with Crippen LogP contribution in [0.3, 0.4) is 0 Å². The van der Waals surface area contributed by atoms with Crippen LogP contribution in [0, 0.1) is 0 Å². The lowest BCUT2D eigenvalue weighted by Crippen LogP contribution is -1.81. The van der Waals surface area contributed by atoms with Crippen LogP contribution in [-0.4, -0.2) is 5.38 Å². The molecule has 0 aromatic carbocycles. The molecule has 0 amide bonds. The van der Waals surface area contributed by atoms with E-state index in [-0.39, 0.29) is 5.38 Å². The largest absolute Gasteiger partial charge is 0.143 e. The molecule has 0 nitrogen and oxygen atoms in total. The first kappa shape index (κ1) is 8.61. The summed E-state index contributed by atoms with van der Waals surface area (Å²) in [6.07, 6.45) is 4.22. The van der Waals surface area contributed by atoms with Crippen molar-refractivity contribution in [3.8, 4) is 0 Å². The summed E-state index contributed by atoms with van der Waals surface area (Å²) in [5.41, 5.74) is 1.31. The van der Waals surface area contributed by atoms with E-state index in [1.165, 1.54) is 10.5 Å². The second-order valence-corrected chi connectivity index (χ2v) is 4.73. The van der Waals surface area contributed by atoms with Crippen molar-refractivity contribution >= 4 is 40.1 Å². The molecular weight excluding hydrogens is 211 g/mol. The Hall–Kier alpha value is 0.0200. The predicted octanol–water partition coefficient (Wildman–Crippen LogP) is 4.19. The highest BCUT2D eigenvalue weighted by molar-refractivity contribution is 7.11. The zero-order valence-electron chi connectivity index (χ0n) is 6.39. The van der Waals surface area contributed by atoms with Gasteiger partial charge < -0.3 is 0 Å². The Bertz CT molecular complexity index is 314. The summed E-state index contributed by atoms with van der Waals surface area (Å²) in [6, 6.07) is 1.93. The first-order valence-electron chi connectivity index (χ1n) is 3.85. The summed E-state index contributed by atoms with van der Waals surface area (Å²) in [4.78, 5) is 1.19. The number of alkyl halides is 1. The highest BCUT2D eigenvalue weighted by atomic mass is 35.5. The topological polar surface area (TPSA) is 0 Å². The molecule has 1 aliphatic rings. The number of thiophene rings is 1. The van der Waals surface area contributed by atoms with Crippen molar-refractivity contribution in [3.63, 3.8) is 0 Å². The van der Waals surface area contributed by atoms with Gasteiger partial charge in [-0.3, -0.25) is 0 Å². The third-order valence-corrected chi connectivity index (χ3v) is 3.74. The summed E-state index contributed by atoms with van der Waals surface area (Å²) in [7, 11) is 0. The fourth-order valence-electron chi connectivity index (χ4n) is 1.39. The number of hydrogen-bond donors (Lipinski definition) is 0. The van der Waals surface area contributed by atoms with Crippen molar-refractivity contribution in [2.24, 2.45) is 0 Å². The zero-order chi connectivity index (χ0) is 8.55. The van der Waals surface area contributed by atoms with Gasteiger partial charge >= 0.3 is 0 Å². The van der Waals surface area contributed by atoms with Gasteiger partial charge in [-0.25, -0.2) is 0 Å². The molecular formula is C9H8Cl2S. The molecule has 0 saturated carbocycles. The average molecular weight is 219 g/mol. The van der Waals surface area contributed by atoms with Crippen molar-refractivity contribution in [2.45, 2.75) is 18.2 Å². The second kappa shape index (κ2) is 3.41. The van der Waals surface area contributed by atoms with Crippen LogP contribution in [0.2, 0.25) is 5.02 Å². The maximum Gasteiger partial charge on any atom is 0.0588 e. The Morgan fingerprint density at radius 1 is 1.50 bits per heavy atom. The number of allylic oxidation sites excluding steroid dienone is 2. The van der Waals surface area contributed by atoms with E-state index in [1.54, 1.807) is 11.3 Å². The molecule has 0 fully saturated rings. The SMILES string of the molecule is Clc1ccsc1C1=CC(Cl)CC1. The van der Waals surface area contributed by atoms with E-state index in [2.05, 4.69) is 6.08 Å². The summed E-state index contributed by atoms with van der Waals surface area (Å²) < 4.78 is 0. The molecule has 1 unspecified atom stereocenters. The van der Waals surface area contributed by atoms with Crippen molar-refractivity contribution in [1.82, 2.24) is 0 Å². The van der Waals surface area contributed by atoms with Gasteiger partial charge in [0.25, 0.3) is 0 Å². The molecule has 0 saturated heterocycles. The van der Waals surface area contributed by atoms with E-state index in [1.807, 2.05) is 11.4 Å². The van der Waals surface area contributed by atoms with Crippen molar-refractivity contribution < 1.29 is 0 Å². The summed E-state index contributed by atoms with van der Waals surface area (Å²) in [6.45, 7) is 0. The lowest BCUT2D eigenvalue weighted by molar-refractivity contribution is 0.943. The lowest BCUT2D eigenvalue weighted by Gasteiger charge is -1.96. The van der Waals surface area contributed by atoms with Crippen LogP contribution in [0.5, 0.6) is 0 Å². The van der Waals surface area contributed by atoms with Crippen LogP contribution in [0.25, 0.3) is 5.57 Å². The van der Waals surface area contributed by atoms with E-state index in [0.717, 1.165) is 17.9 Å². The highest BCUT2D eigenvalue weighted by Crippen LogP contribution is 2.37. The van der Waals surface area contributed by atoms with Crippen molar-refractivity contribution in [2.75, 3.05) is 0 Å². The lowest BCUT2D eigenvalue weighted by atomic mass is 10.2. The normalized spacial score (nSPS) is 22.8. The van der Waals surface area contributed by atoms with Crippen molar-refractivity contribution in [1.29, 1.82) is 0 Å². The third-order valence-electron chi connectivity index (χ3n) is 1.98. The number of halogens is 2. The summed E-state index contributed by atoms with van der Waals surface area (Å²) in [5.74, 6) is 0. The van der Waals surface area contributed by atoms with Gasteiger partial charge in [-0.15, -0.1) is 22.9 Å². The Labute approximate surface area is 85.8 Å². The molecule has 1 aromatic rings. The van der Waals surface area contributed by atoms with E-state index in [9.17, 15) is 0 Å². The average Bonchev–Trinajstić information content (AvgIpc) is 2.58. The van der Waals surface area contributed by atoms with E-state index in [0.29, 0.717) is 0 Å². The van der Waals surface area contributed by atoms with Gasteiger partial charge in [-0.05, 0) is 29.9 Å². The Balaban J connectivity index is 2.32. The summed E-state index contributed by atoms with van der Waals surface area (Å²) >= 11 is 13.6. The Kier molecular flexibility index (Phi) is 2.44. The molecule has 1 aliphatic carbocycles. The van der Waals surface area contributed by atoms with Crippen LogP contribution in [0.4, 0.5) is 0 Å². The van der Waals surface area contributed by atoms with Crippen LogP contribution in [0.1, 0.15) is 17.7 Å². The fraction of sp³-hybridized carbons (Fsp3) is 0.333. The molecule has 0 aliphatic heterocycles. The monoisotopic (exact) mass is 218 g/mol. The van der Waals surface area contributed by atoms with Crippen LogP contribution in [-0.2, 0) is 0 Å². The predicted molar refractivity (Wildman–Crippen MR) is 56.2 cm³/mol. The third kappa shape index (κ3) is 1.54. The fourth-order valence-corrected chi connectivity index (χ4v) is 2.89. The van der Waals surface area contributed by atoms with Crippen LogP contribution >= 0.6 is 34.5 Å². The standard InChI is InChI=1S/C9H8Cl2S/c10-7-2-1-6(5-7)9-8(11)3-4-12-9/h3-5,7H,1-2H2.